The average Bonchev–Trinajstić information content (AvgIpc) is 3.10. The molecule has 1 unspecified atom stereocenters. The summed E-state index contributed by atoms with van der Waals surface area (Å²) in [5, 5.41) is 19.8. The van der Waals surface area contributed by atoms with E-state index < -0.39 is 6.10 Å². The summed E-state index contributed by atoms with van der Waals surface area (Å²) in [5.74, 6) is 0.0825. The fourth-order valence-electron chi connectivity index (χ4n) is 3.23. The fraction of sp³-hybridized carbons (Fsp3) is 0.471. The Morgan fingerprint density at radius 1 is 1.33 bits per heavy atom. The van der Waals surface area contributed by atoms with Gasteiger partial charge in [-0.2, -0.15) is 5.10 Å². The molecule has 7 heteroatoms. The summed E-state index contributed by atoms with van der Waals surface area (Å²) in [6.07, 6.45) is 6.29. The Balaban J connectivity index is 1.63. The third kappa shape index (κ3) is 3.73. The summed E-state index contributed by atoms with van der Waals surface area (Å²) in [4.78, 5) is 26.2. The minimum atomic E-state index is -0.965. The van der Waals surface area contributed by atoms with Gasteiger partial charge in [-0.1, -0.05) is 25.3 Å². The fourth-order valence-corrected chi connectivity index (χ4v) is 3.23. The van der Waals surface area contributed by atoms with Crippen molar-refractivity contribution in [2.75, 3.05) is 6.54 Å². The van der Waals surface area contributed by atoms with Gasteiger partial charge in [0.05, 0.1) is 17.5 Å². The number of aromatic amines is 2. The second kappa shape index (κ2) is 7.44. The number of nitrogens with one attached hydrogen (secondary N) is 3. The largest absolute Gasteiger partial charge is 0.385 e. The van der Waals surface area contributed by atoms with Crippen LogP contribution in [0.2, 0.25) is 0 Å². The van der Waals surface area contributed by atoms with Gasteiger partial charge in [-0.3, -0.25) is 14.7 Å². The van der Waals surface area contributed by atoms with Crippen LogP contribution in [0, 0.1) is 0 Å². The minimum Gasteiger partial charge on any atom is -0.385 e. The van der Waals surface area contributed by atoms with Crippen molar-refractivity contribution < 1.29 is 9.90 Å². The van der Waals surface area contributed by atoms with Crippen LogP contribution < -0.4 is 10.9 Å². The summed E-state index contributed by atoms with van der Waals surface area (Å²) >= 11 is 0. The third-order valence-electron chi connectivity index (χ3n) is 4.53. The van der Waals surface area contributed by atoms with E-state index in [0.717, 1.165) is 18.5 Å². The smallest absolute Gasteiger partial charge is 0.254 e. The number of carbonyl (C=O) groups is 1. The third-order valence-corrected chi connectivity index (χ3v) is 4.53. The number of amides is 1. The van der Waals surface area contributed by atoms with E-state index in [1.807, 2.05) is 0 Å². The zero-order valence-corrected chi connectivity index (χ0v) is 13.4. The van der Waals surface area contributed by atoms with Gasteiger partial charge in [0.1, 0.15) is 6.10 Å². The number of aromatic nitrogens is 3. The highest BCUT2D eigenvalue weighted by Crippen LogP contribution is 2.33. The molecule has 2 aromatic rings. The van der Waals surface area contributed by atoms with Crippen molar-refractivity contribution in [1.82, 2.24) is 20.5 Å². The van der Waals surface area contributed by atoms with E-state index in [4.69, 9.17) is 0 Å². The van der Waals surface area contributed by atoms with Gasteiger partial charge in [0.15, 0.2) is 0 Å². The zero-order chi connectivity index (χ0) is 16.9. The van der Waals surface area contributed by atoms with Crippen LogP contribution in [0.3, 0.4) is 0 Å². The first kappa shape index (κ1) is 16.4. The first-order valence-electron chi connectivity index (χ1n) is 8.34. The van der Waals surface area contributed by atoms with Gasteiger partial charge >= 0.3 is 0 Å². The summed E-state index contributed by atoms with van der Waals surface area (Å²) in [6.45, 7) is 0.0219. The molecular weight excluding hydrogens is 308 g/mol. The molecule has 3 rings (SSSR count). The number of pyridine rings is 1. The lowest BCUT2D eigenvalue weighted by atomic mass is 9.85. The van der Waals surface area contributed by atoms with Crippen molar-refractivity contribution in [3.8, 4) is 0 Å². The van der Waals surface area contributed by atoms with E-state index in [1.54, 1.807) is 12.1 Å². The highest BCUT2D eigenvalue weighted by Gasteiger charge is 2.23. The van der Waals surface area contributed by atoms with Crippen LogP contribution in [0.4, 0.5) is 0 Å². The van der Waals surface area contributed by atoms with Crippen molar-refractivity contribution >= 4 is 5.91 Å². The van der Waals surface area contributed by atoms with Gasteiger partial charge in [0.25, 0.3) is 5.91 Å². The Hall–Kier alpha value is -2.41. The minimum absolute atomic E-state index is 0.0219. The summed E-state index contributed by atoms with van der Waals surface area (Å²) < 4.78 is 0. The Morgan fingerprint density at radius 3 is 2.88 bits per heavy atom. The topological polar surface area (TPSA) is 111 Å². The van der Waals surface area contributed by atoms with E-state index >= 15 is 0 Å². The van der Waals surface area contributed by atoms with Gasteiger partial charge in [-0.25, -0.2) is 0 Å². The Morgan fingerprint density at radius 2 is 2.12 bits per heavy atom. The number of H-pyrrole nitrogens is 2. The number of rotatable bonds is 5. The van der Waals surface area contributed by atoms with Gasteiger partial charge in [0, 0.05) is 24.2 Å². The molecule has 7 nitrogen and oxygen atoms in total. The van der Waals surface area contributed by atoms with E-state index in [9.17, 15) is 14.7 Å². The maximum absolute atomic E-state index is 12.4. The summed E-state index contributed by atoms with van der Waals surface area (Å²) in [6, 6.07) is 4.55. The molecule has 1 aliphatic rings. The molecular formula is C17H22N4O3. The normalized spacial score (nSPS) is 16.7. The summed E-state index contributed by atoms with van der Waals surface area (Å²) in [5.41, 5.74) is 1.51. The second-order valence-electron chi connectivity index (χ2n) is 6.23. The van der Waals surface area contributed by atoms with Gasteiger partial charge in [0.2, 0.25) is 5.56 Å². The lowest BCUT2D eigenvalue weighted by molar-refractivity contribution is 0.0912. The van der Waals surface area contributed by atoms with E-state index in [2.05, 4.69) is 20.5 Å². The standard InChI is InChI=1S/C17H22N4O3/c22-14(13-7-4-8-15(23)20-13)10-18-17(24)12-9-19-21-16(12)11-5-2-1-3-6-11/h4,7-9,11,14,22H,1-3,5-6,10H2,(H,18,24)(H,19,21)(H,20,23). The Kier molecular flexibility index (Phi) is 5.10. The SMILES string of the molecule is O=C(NCC(O)c1cccc(=O)[nH]1)c1cn[nH]c1C1CCCCC1. The van der Waals surface area contributed by atoms with E-state index in [1.165, 1.54) is 31.5 Å². The van der Waals surface area contributed by atoms with E-state index in [0.29, 0.717) is 17.2 Å². The molecule has 1 aliphatic carbocycles. The zero-order valence-electron chi connectivity index (χ0n) is 13.4. The van der Waals surface area contributed by atoms with Crippen LogP contribution in [0.5, 0.6) is 0 Å². The molecule has 0 bridgehead atoms. The molecule has 128 valence electrons. The van der Waals surface area contributed by atoms with Crippen molar-refractivity contribution in [3.05, 3.63) is 51.7 Å². The first-order valence-corrected chi connectivity index (χ1v) is 8.34. The molecule has 0 spiro atoms. The average molecular weight is 330 g/mol. The van der Waals surface area contributed by atoms with Crippen LogP contribution in [0.1, 0.15) is 65.9 Å². The predicted octanol–water partition coefficient (Wildman–Crippen LogP) is 1.61. The maximum atomic E-state index is 12.4. The second-order valence-corrected chi connectivity index (χ2v) is 6.23. The predicted molar refractivity (Wildman–Crippen MR) is 88.8 cm³/mol. The first-order chi connectivity index (χ1) is 11.6. The molecule has 24 heavy (non-hydrogen) atoms. The molecule has 0 aliphatic heterocycles. The number of carbonyl (C=O) groups excluding carboxylic acids is 1. The molecule has 1 fully saturated rings. The molecule has 0 radical (unpaired) electrons. The molecule has 0 saturated heterocycles. The maximum Gasteiger partial charge on any atom is 0.254 e. The molecule has 2 heterocycles. The highest BCUT2D eigenvalue weighted by atomic mass is 16.3. The van der Waals surface area contributed by atoms with Crippen LogP contribution in [0.25, 0.3) is 0 Å². The van der Waals surface area contributed by atoms with Crippen molar-refractivity contribution in [2.24, 2.45) is 0 Å². The number of aliphatic hydroxyl groups excluding tert-OH is 1. The van der Waals surface area contributed by atoms with Crippen molar-refractivity contribution in [3.63, 3.8) is 0 Å². The Labute approximate surface area is 139 Å². The molecule has 0 aromatic carbocycles. The number of aliphatic hydroxyl groups is 1. The van der Waals surface area contributed by atoms with Crippen molar-refractivity contribution in [1.29, 1.82) is 0 Å². The van der Waals surface area contributed by atoms with Crippen LogP contribution >= 0.6 is 0 Å². The van der Waals surface area contributed by atoms with Crippen LogP contribution in [-0.2, 0) is 0 Å². The monoisotopic (exact) mass is 330 g/mol. The molecule has 1 saturated carbocycles. The lowest BCUT2D eigenvalue weighted by Crippen LogP contribution is -2.30. The molecule has 2 aromatic heterocycles. The number of hydrogen-bond donors (Lipinski definition) is 4. The molecule has 1 atom stereocenters. The lowest BCUT2D eigenvalue weighted by Gasteiger charge is -2.21. The molecule has 1 amide bonds. The highest BCUT2D eigenvalue weighted by molar-refractivity contribution is 5.95. The van der Waals surface area contributed by atoms with E-state index in [-0.39, 0.29) is 18.0 Å². The molecule has 4 N–H and O–H groups in total. The number of nitrogens with zero attached hydrogens (tertiary/aromatic N) is 1. The summed E-state index contributed by atoms with van der Waals surface area (Å²) in [7, 11) is 0. The van der Waals surface area contributed by atoms with Gasteiger partial charge < -0.3 is 15.4 Å². The quantitative estimate of drug-likeness (QED) is 0.667. The van der Waals surface area contributed by atoms with Gasteiger partial charge in [-0.05, 0) is 18.9 Å². The van der Waals surface area contributed by atoms with Crippen molar-refractivity contribution in [2.45, 2.75) is 44.1 Å². The van der Waals surface area contributed by atoms with Gasteiger partial charge in [-0.15, -0.1) is 0 Å². The van der Waals surface area contributed by atoms with Crippen LogP contribution in [-0.4, -0.2) is 32.7 Å². The Bertz CT molecular complexity index is 746. The number of hydrogen-bond acceptors (Lipinski definition) is 4. The van der Waals surface area contributed by atoms with Crippen LogP contribution in [0.15, 0.2) is 29.2 Å².